The highest BCUT2D eigenvalue weighted by Gasteiger charge is 2.00. The van der Waals surface area contributed by atoms with Gasteiger partial charge in [-0.3, -0.25) is 0 Å². The Morgan fingerprint density at radius 1 is 1.50 bits per heavy atom. The van der Waals surface area contributed by atoms with E-state index in [1.54, 1.807) is 6.07 Å². The SMILES string of the molecule is O=[P+]([O-])c1[c-]c2n[nH]nc2cc1. The van der Waals surface area contributed by atoms with Crippen molar-refractivity contribution >= 4 is 24.4 Å². The van der Waals surface area contributed by atoms with Crippen LogP contribution in [-0.2, 0) is 4.57 Å². The zero-order chi connectivity index (χ0) is 8.55. The van der Waals surface area contributed by atoms with Crippen LogP contribution in [0.15, 0.2) is 12.1 Å². The third-order valence-corrected chi connectivity index (χ3v) is 2.07. The van der Waals surface area contributed by atoms with E-state index in [2.05, 4.69) is 21.5 Å². The molecule has 0 spiro atoms. The first-order chi connectivity index (χ1) is 5.77. The highest BCUT2D eigenvalue weighted by molar-refractivity contribution is 7.45. The molecule has 0 fully saturated rings. The van der Waals surface area contributed by atoms with Gasteiger partial charge in [0.2, 0.25) is 0 Å². The van der Waals surface area contributed by atoms with Crippen molar-refractivity contribution in [1.29, 1.82) is 0 Å². The molecule has 0 amide bonds. The molecule has 60 valence electrons. The molecule has 0 radical (unpaired) electrons. The van der Waals surface area contributed by atoms with Crippen LogP contribution in [-0.4, -0.2) is 15.4 Å². The number of fused-ring (bicyclic) bond motifs is 1. The zero-order valence-electron chi connectivity index (χ0n) is 5.81. The molecule has 1 aromatic heterocycles. The zero-order valence-corrected chi connectivity index (χ0v) is 6.71. The molecular weight excluding hydrogens is 177 g/mol. The fourth-order valence-electron chi connectivity index (χ4n) is 0.875. The Labute approximate surface area is 68.3 Å². The minimum absolute atomic E-state index is 0.131. The van der Waals surface area contributed by atoms with Gasteiger partial charge in [-0.25, -0.2) is 10.3 Å². The molecule has 0 bridgehead atoms. The van der Waals surface area contributed by atoms with Crippen molar-refractivity contribution in [2.75, 3.05) is 0 Å². The van der Waals surface area contributed by atoms with Crippen LogP contribution in [0.5, 0.6) is 0 Å². The van der Waals surface area contributed by atoms with Crippen LogP contribution < -0.4 is 10.2 Å². The lowest BCUT2D eigenvalue weighted by atomic mass is 10.3. The smallest absolute Gasteiger partial charge is 0.322 e. The van der Waals surface area contributed by atoms with Crippen LogP contribution in [0.1, 0.15) is 0 Å². The summed E-state index contributed by atoms with van der Waals surface area (Å²) in [7, 11) is -2.59. The summed E-state index contributed by atoms with van der Waals surface area (Å²) in [6, 6.07) is 5.63. The minimum Gasteiger partial charge on any atom is -0.592 e. The Hall–Kier alpha value is -1.32. The van der Waals surface area contributed by atoms with E-state index in [0.29, 0.717) is 11.0 Å². The van der Waals surface area contributed by atoms with Crippen molar-refractivity contribution in [3.8, 4) is 0 Å². The minimum atomic E-state index is -2.59. The van der Waals surface area contributed by atoms with Crippen LogP contribution in [0.4, 0.5) is 0 Å². The summed E-state index contributed by atoms with van der Waals surface area (Å²) in [5.41, 5.74) is 1.04. The summed E-state index contributed by atoms with van der Waals surface area (Å²) in [6.45, 7) is 0. The standard InChI is InChI=1S/C6H3N3O2P/c10-12(11)4-1-2-5-6(3-4)8-9-7-5/h1-2H,(H,7,8,9)/q-1. The molecule has 2 aromatic rings. The maximum Gasteiger partial charge on any atom is 0.322 e. The number of aromatic amines is 1. The molecule has 6 heteroatoms. The molecule has 1 heterocycles. The Morgan fingerprint density at radius 3 is 3.08 bits per heavy atom. The number of nitrogens with zero attached hydrogens (tertiary/aromatic N) is 2. The van der Waals surface area contributed by atoms with Gasteiger partial charge < -0.3 is 4.89 Å². The largest absolute Gasteiger partial charge is 0.592 e. The average Bonchev–Trinajstić information content (AvgIpc) is 2.49. The van der Waals surface area contributed by atoms with Gasteiger partial charge in [0.25, 0.3) is 0 Å². The maximum absolute atomic E-state index is 10.5. The van der Waals surface area contributed by atoms with E-state index in [-0.39, 0.29) is 5.30 Å². The molecule has 0 saturated heterocycles. The monoisotopic (exact) mass is 180 g/mol. The number of rotatable bonds is 1. The molecule has 1 atom stereocenters. The average molecular weight is 180 g/mol. The molecule has 0 aliphatic carbocycles. The number of aromatic nitrogens is 3. The Kier molecular flexibility index (Phi) is 1.60. The van der Waals surface area contributed by atoms with Crippen LogP contribution in [0.2, 0.25) is 0 Å². The summed E-state index contributed by atoms with van der Waals surface area (Å²) in [6.07, 6.45) is 0. The van der Waals surface area contributed by atoms with Crippen molar-refractivity contribution in [3.05, 3.63) is 18.2 Å². The van der Waals surface area contributed by atoms with Crippen LogP contribution in [0.3, 0.4) is 0 Å². The maximum atomic E-state index is 10.5. The summed E-state index contributed by atoms with van der Waals surface area (Å²) >= 11 is 0. The molecule has 1 unspecified atom stereocenters. The van der Waals surface area contributed by atoms with E-state index in [0.717, 1.165) is 0 Å². The van der Waals surface area contributed by atoms with E-state index < -0.39 is 8.03 Å². The fraction of sp³-hybridized carbons (Fsp3) is 0. The quantitative estimate of drug-likeness (QED) is 0.473. The Balaban J connectivity index is 2.68. The van der Waals surface area contributed by atoms with Gasteiger partial charge in [0, 0.05) is 11.0 Å². The predicted octanol–water partition coefficient (Wildman–Crippen LogP) is -0.514. The molecule has 1 aromatic carbocycles. The third kappa shape index (κ3) is 1.09. The molecule has 0 aliphatic rings. The number of hydrogen-bond donors (Lipinski definition) is 1. The van der Waals surface area contributed by atoms with Crippen molar-refractivity contribution in [2.45, 2.75) is 0 Å². The van der Waals surface area contributed by atoms with Gasteiger partial charge in [0.1, 0.15) is 0 Å². The van der Waals surface area contributed by atoms with Crippen molar-refractivity contribution in [3.63, 3.8) is 0 Å². The summed E-state index contributed by atoms with van der Waals surface area (Å²) in [5, 5.41) is 9.96. The number of nitrogens with one attached hydrogen (secondary N) is 1. The topological polar surface area (TPSA) is 81.7 Å². The highest BCUT2D eigenvalue weighted by Crippen LogP contribution is 2.11. The van der Waals surface area contributed by atoms with Gasteiger partial charge in [-0.2, -0.15) is 5.10 Å². The number of benzene rings is 1. The lowest BCUT2D eigenvalue weighted by Crippen LogP contribution is -2.03. The summed E-state index contributed by atoms with van der Waals surface area (Å²) < 4.78 is 10.5. The Bertz CT molecular complexity index is 439. The number of H-pyrrole nitrogens is 1. The van der Waals surface area contributed by atoms with E-state index in [1.165, 1.54) is 6.07 Å². The molecule has 5 nitrogen and oxygen atoms in total. The third-order valence-electron chi connectivity index (χ3n) is 1.42. The van der Waals surface area contributed by atoms with Gasteiger partial charge >= 0.3 is 8.03 Å². The molecule has 0 aliphatic heterocycles. The van der Waals surface area contributed by atoms with E-state index in [1.807, 2.05) is 0 Å². The molecule has 2 rings (SSSR count). The van der Waals surface area contributed by atoms with Gasteiger partial charge in [0.05, 0.1) is 5.30 Å². The first-order valence-electron chi connectivity index (χ1n) is 3.14. The fourth-order valence-corrected chi connectivity index (χ4v) is 1.27. The van der Waals surface area contributed by atoms with Gasteiger partial charge in [-0.05, 0) is 0 Å². The highest BCUT2D eigenvalue weighted by atomic mass is 31.1. The van der Waals surface area contributed by atoms with E-state index in [4.69, 9.17) is 0 Å². The second kappa shape index (κ2) is 2.62. The predicted molar refractivity (Wildman–Crippen MR) is 40.0 cm³/mol. The molecule has 12 heavy (non-hydrogen) atoms. The van der Waals surface area contributed by atoms with Gasteiger partial charge in [0.15, 0.2) is 0 Å². The second-order valence-electron chi connectivity index (χ2n) is 2.16. The van der Waals surface area contributed by atoms with Crippen molar-refractivity contribution in [1.82, 2.24) is 15.4 Å². The Morgan fingerprint density at radius 2 is 2.33 bits per heavy atom. The van der Waals surface area contributed by atoms with Crippen LogP contribution in [0.25, 0.3) is 11.0 Å². The lowest BCUT2D eigenvalue weighted by molar-refractivity contribution is -0.160. The molecule has 1 N–H and O–H groups in total. The van der Waals surface area contributed by atoms with E-state index >= 15 is 0 Å². The van der Waals surface area contributed by atoms with E-state index in [9.17, 15) is 9.46 Å². The van der Waals surface area contributed by atoms with Gasteiger partial charge in [-0.15, -0.1) is 12.1 Å². The van der Waals surface area contributed by atoms with Crippen molar-refractivity contribution in [2.24, 2.45) is 0 Å². The molecule has 0 saturated carbocycles. The first kappa shape index (κ1) is 7.34. The van der Waals surface area contributed by atoms with Gasteiger partial charge in [-0.1, -0.05) is 10.6 Å². The van der Waals surface area contributed by atoms with Crippen LogP contribution in [0, 0.1) is 6.07 Å². The summed E-state index contributed by atoms with van der Waals surface area (Å²) in [5.74, 6) is 0. The van der Waals surface area contributed by atoms with Crippen molar-refractivity contribution < 1.29 is 9.46 Å². The normalized spacial score (nSPS) is 11.9. The number of hydrogen-bond acceptors (Lipinski definition) is 4. The van der Waals surface area contributed by atoms with Crippen LogP contribution >= 0.6 is 8.03 Å². The molecular formula is C6H3N3O2P-. The summed E-state index contributed by atoms with van der Waals surface area (Å²) in [4.78, 5) is 10.5. The lowest BCUT2D eigenvalue weighted by Gasteiger charge is -1.96. The second-order valence-corrected chi connectivity index (χ2v) is 3.15. The first-order valence-corrected chi connectivity index (χ1v) is 4.32.